The number of hydrogen-bond donors (Lipinski definition) is 1. The van der Waals surface area contributed by atoms with Crippen molar-refractivity contribution in [3.8, 4) is 0 Å². The van der Waals surface area contributed by atoms with Crippen LogP contribution in [0.25, 0.3) is 0 Å². The molecule has 0 aromatic carbocycles. The molecule has 4 aliphatic rings. The molecule has 0 heterocycles. The summed E-state index contributed by atoms with van der Waals surface area (Å²) < 4.78 is 19.3. The van der Waals surface area contributed by atoms with Gasteiger partial charge in [-0.2, -0.15) is 0 Å². The van der Waals surface area contributed by atoms with E-state index in [9.17, 15) is 23.9 Å². The highest BCUT2D eigenvalue weighted by atomic mass is 35.5. The lowest BCUT2D eigenvalue weighted by atomic mass is 9.46. The third-order valence-corrected chi connectivity index (χ3v) is 10.8. The van der Waals surface area contributed by atoms with E-state index in [-0.39, 0.29) is 36.4 Å². The van der Waals surface area contributed by atoms with Gasteiger partial charge in [0, 0.05) is 23.2 Å². The summed E-state index contributed by atoms with van der Waals surface area (Å²) in [7, 11) is 0. The molecule has 182 valence electrons. The number of carbonyl (C=O) groups excluding carboxylic acids is 3. The largest absolute Gasteiger partial charge is 0.449 e. The van der Waals surface area contributed by atoms with E-state index in [4.69, 9.17) is 16.3 Å². The third-order valence-electron chi connectivity index (χ3n) is 9.23. The highest BCUT2D eigenvalue weighted by Gasteiger charge is 2.76. The van der Waals surface area contributed by atoms with Crippen molar-refractivity contribution in [2.45, 2.75) is 76.4 Å². The number of ketones is 1. The van der Waals surface area contributed by atoms with Crippen molar-refractivity contribution in [2.24, 2.45) is 28.6 Å². The Morgan fingerprint density at radius 1 is 1.33 bits per heavy atom. The first-order valence-electron chi connectivity index (χ1n) is 11.7. The van der Waals surface area contributed by atoms with Gasteiger partial charge >= 0.3 is 5.97 Å². The standard InChI is InChI=1S/C25H32ClFO5S/c1-5-20(30)32-25(21(31)33-13-27)14(2)10-18-17-7-6-15-11-16(28)8-9-22(15,3)24(17,26)19(29)12-23(18,25)4/h8-9,11,14,17-19,29H,5-7,10,12-13H2,1-4H3/t14-,17+,18+,19+,22+,23+,24+,25+/m1/s1. The molecule has 0 saturated heterocycles. The summed E-state index contributed by atoms with van der Waals surface area (Å²) in [6.07, 6.45) is 6.08. The number of allylic oxidation sites excluding steroid dienone is 4. The second kappa shape index (κ2) is 8.20. The Balaban J connectivity index is 1.84. The number of fused-ring (bicyclic) bond motifs is 5. The summed E-state index contributed by atoms with van der Waals surface area (Å²) >= 11 is 7.95. The fourth-order valence-corrected chi connectivity index (χ4v) is 8.95. The van der Waals surface area contributed by atoms with Crippen LogP contribution in [0.5, 0.6) is 0 Å². The maximum Gasteiger partial charge on any atom is 0.306 e. The normalized spacial score (nSPS) is 46.2. The Kier molecular flexibility index (Phi) is 6.19. The first-order valence-corrected chi connectivity index (χ1v) is 13.0. The molecule has 0 aromatic rings. The highest BCUT2D eigenvalue weighted by molar-refractivity contribution is 8.13. The van der Waals surface area contributed by atoms with Crippen molar-refractivity contribution in [3.05, 3.63) is 23.8 Å². The van der Waals surface area contributed by atoms with Crippen LogP contribution in [0.15, 0.2) is 23.8 Å². The number of esters is 1. The lowest BCUT2D eigenvalue weighted by Gasteiger charge is -2.64. The summed E-state index contributed by atoms with van der Waals surface area (Å²) in [5.74, 6) is -1.24. The average Bonchev–Trinajstić information content (AvgIpc) is 2.97. The third kappa shape index (κ3) is 3.10. The van der Waals surface area contributed by atoms with Gasteiger partial charge in [0.05, 0.1) is 11.0 Å². The predicted octanol–water partition coefficient (Wildman–Crippen LogP) is 4.75. The molecule has 0 aliphatic heterocycles. The number of hydrogen-bond acceptors (Lipinski definition) is 6. The van der Waals surface area contributed by atoms with E-state index in [0.29, 0.717) is 31.0 Å². The number of halogens is 2. The molecule has 4 aliphatic carbocycles. The monoisotopic (exact) mass is 498 g/mol. The van der Waals surface area contributed by atoms with Gasteiger partial charge in [-0.15, -0.1) is 11.6 Å². The van der Waals surface area contributed by atoms with Gasteiger partial charge in [0.25, 0.3) is 0 Å². The van der Waals surface area contributed by atoms with E-state index in [0.717, 1.165) is 5.57 Å². The van der Waals surface area contributed by atoms with E-state index < -0.39 is 44.5 Å². The molecule has 0 aromatic heterocycles. The molecule has 0 amide bonds. The zero-order valence-electron chi connectivity index (χ0n) is 19.5. The van der Waals surface area contributed by atoms with Crippen LogP contribution in [0.2, 0.25) is 0 Å². The number of aliphatic hydroxyl groups is 1. The Hall–Kier alpha value is -1.18. The van der Waals surface area contributed by atoms with Crippen LogP contribution >= 0.6 is 23.4 Å². The Morgan fingerprint density at radius 2 is 2.03 bits per heavy atom. The maximum atomic E-state index is 13.4. The second-order valence-electron chi connectivity index (χ2n) is 10.5. The minimum absolute atomic E-state index is 0.0786. The SMILES string of the molecule is CCC(=O)O[C@]1(C(=O)SCF)[C@H](C)C[C@H]2[C@@H]3CCC4=CC(=O)C=C[C@]4(C)[C@@]3(Cl)[C@@H](O)C[C@@]21C. The van der Waals surface area contributed by atoms with Gasteiger partial charge in [-0.1, -0.05) is 39.3 Å². The Bertz CT molecular complexity index is 951. The molecule has 3 fully saturated rings. The van der Waals surface area contributed by atoms with Gasteiger partial charge in [0.15, 0.2) is 11.4 Å². The summed E-state index contributed by atoms with van der Waals surface area (Å²) in [6, 6.07) is -0.909. The molecule has 5 nitrogen and oxygen atoms in total. The van der Waals surface area contributed by atoms with Crippen LogP contribution in [0.4, 0.5) is 4.39 Å². The zero-order valence-corrected chi connectivity index (χ0v) is 21.1. The van der Waals surface area contributed by atoms with E-state index >= 15 is 0 Å². The molecule has 33 heavy (non-hydrogen) atoms. The van der Waals surface area contributed by atoms with Crippen molar-refractivity contribution in [2.75, 3.05) is 6.01 Å². The first-order chi connectivity index (χ1) is 15.4. The van der Waals surface area contributed by atoms with Crippen LogP contribution in [0.1, 0.15) is 59.8 Å². The molecule has 8 heteroatoms. The molecule has 0 spiro atoms. The van der Waals surface area contributed by atoms with Gasteiger partial charge in [0.1, 0.15) is 6.01 Å². The van der Waals surface area contributed by atoms with Gasteiger partial charge in [-0.3, -0.25) is 14.4 Å². The molecule has 3 saturated carbocycles. The van der Waals surface area contributed by atoms with Crippen molar-refractivity contribution in [1.82, 2.24) is 0 Å². The van der Waals surface area contributed by atoms with Crippen LogP contribution < -0.4 is 0 Å². The lowest BCUT2D eigenvalue weighted by Crippen LogP contribution is -2.69. The number of carbonyl (C=O) groups is 3. The highest BCUT2D eigenvalue weighted by Crippen LogP contribution is 2.72. The number of ether oxygens (including phenoxy) is 1. The van der Waals surface area contributed by atoms with Crippen LogP contribution in [-0.4, -0.2) is 44.6 Å². The lowest BCUT2D eigenvalue weighted by molar-refractivity contribution is -0.196. The van der Waals surface area contributed by atoms with E-state index in [1.165, 1.54) is 6.08 Å². The van der Waals surface area contributed by atoms with E-state index in [1.54, 1.807) is 13.0 Å². The van der Waals surface area contributed by atoms with Crippen LogP contribution in [-0.2, 0) is 19.1 Å². The molecular formula is C25H32ClFO5S. The van der Waals surface area contributed by atoms with Crippen LogP contribution in [0, 0.1) is 28.6 Å². The molecule has 0 unspecified atom stereocenters. The predicted molar refractivity (Wildman–Crippen MR) is 125 cm³/mol. The van der Waals surface area contributed by atoms with Crippen LogP contribution in [0.3, 0.4) is 0 Å². The molecule has 0 bridgehead atoms. The van der Waals surface area contributed by atoms with Gasteiger partial charge in [0.2, 0.25) is 5.12 Å². The molecule has 1 N–H and O–H groups in total. The van der Waals surface area contributed by atoms with Gasteiger partial charge in [-0.05, 0) is 61.4 Å². The number of alkyl halides is 2. The average molecular weight is 499 g/mol. The summed E-state index contributed by atoms with van der Waals surface area (Å²) in [6.45, 7) is 7.41. The fourth-order valence-electron chi connectivity index (χ4n) is 7.63. The number of aliphatic hydroxyl groups excluding tert-OH is 1. The Labute approximate surface area is 203 Å². The topological polar surface area (TPSA) is 80.7 Å². The first kappa shape index (κ1) is 24.9. The zero-order chi connectivity index (χ0) is 24.4. The number of rotatable bonds is 4. The van der Waals surface area contributed by atoms with E-state index in [2.05, 4.69) is 0 Å². The minimum Gasteiger partial charge on any atom is -0.449 e. The Morgan fingerprint density at radius 3 is 2.67 bits per heavy atom. The van der Waals surface area contributed by atoms with Crippen molar-refractivity contribution >= 4 is 40.2 Å². The van der Waals surface area contributed by atoms with Crippen molar-refractivity contribution in [3.63, 3.8) is 0 Å². The molecule has 4 rings (SSSR count). The van der Waals surface area contributed by atoms with Gasteiger partial charge in [-0.25, -0.2) is 4.39 Å². The number of thioether (sulfide) groups is 1. The van der Waals surface area contributed by atoms with Crippen molar-refractivity contribution < 1.29 is 28.6 Å². The summed E-state index contributed by atoms with van der Waals surface area (Å²) in [5.41, 5.74) is -2.22. The maximum absolute atomic E-state index is 13.4. The van der Waals surface area contributed by atoms with E-state index in [1.807, 2.05) is 26.8 Å². The molecular weight excluding hydrogens is 467 g/mol. The quantitative estimate of drug-likeness (QED) is 0.445. The minimum atomic E-state index is -1.53. The molecule has 8 atom stereocenters. The smallest absolute Gasteiger partial charge is 0.306 e. The van der Waals surface area contributed by atoms with Gasteiger partial charge < -0.3 is 9.84 Å². The van der Waals surface area contributed by atoms with Crippen molar-refractivity contribution in [1.29, 1.82) is 0 Å². The summed E-state index contributed by atoms with van der Waals surface area (Å²) in [4.78, 5) is 36.9. The fraction of sp³-hybridized carbons (Fsp3) is 0.720. The molecule has 0 radical (unpaired) electrons. The summed E-state index contributed by atoms with van der Waals surface area (Å²) in [5, 5.41) is 11.2. The second-order valence-corrected chi connectivity index (χ2v) is 12.0.